The van der Waals surface area contributed by atoms with Gasteiger partial charge in [0, 0.05) is 5.56 Å². The fraction of sp³-hybridized carbons (Fsp3) is 0.400. The van der Waals surface area contributed by atoms with Crippen LogP contribution in [-0.4, -0.2) is 10.1 Å². The van der Waals surface area contributed by atoms with Crippen molar-refractivity contribution < 1.29 is 5.11 Å². The van der Waals surface area contributed by atoms with Crippen LogP contribution in [-0.2, 0) is 6.61 Å². The third-order valence-corrected chi connectivity index (χ3v) is 4.78. The quantitative estimate of drug-likeness (QED) is 0.891. The van der Waals surface area contributed by atoms with Crippen molar-refractivity contribution in [3.05, 3.63) is 38.9 Å². The van der Waals surface area contributed by atoms with E-state index in [0.29, 0.717) is 0 Å². The number of hydrogen-bond donors (Lipinski definition) is 1. The van der Waals surface area contributed by atoms with Crippen molar-refractivity contribution in [2.45, 2.75) is 41.2 Å². The number of benzene rings is 1. The molecule has 0 aliphatic rings. The average Bonchev–Trinajstić information content (AvgIpc) is 2.68. The number of nitrogens with zero attached hydrogens (tertiary/aromatic N) is 1. The highest BCUT2D eigenvalue weighted by Gasteiger charge is 2.15. The molecular weight excluding hydrogens is 242 g/mol. The third kappa shape index (κ3) is 2.08. The average molecular weight is 261 g/mol. The maximum atomic E-state index is 9.30. The van der Waals surface area contributed by atoms with Crippen LogP contribution in [0, 0.1) is 34.6 Å². The van der Waals surface area contributed by atoms with E-state index in [0.717, 1.165) is 15.6 Å². The molecule has 1 aromatic heterocycles. The lowest BCUT2D eigenvalue weighted by atomic mass is 9.95. The number of thiazole rings is 1. The van der Waals surface area contributed by atoms with E-state index in [4.69, 9.17) is 0 Å². The van der Waals surface area contributed by atoms with Crippen LogP contribution in [0.15, 0.2) is 6.07 Å². The molecule has 1 aromatic carbocycles. The molecule has 2 rings (SSSR count). The van der Waals surface area contributed by atoms with Gasteiger partial charge < -0.3 is 5.11 Å². The van der Waals surface area contributed by atoms with E-state index in [1.54, 1.807) is 11.3 Å². The zero-order valence-corrected chi connectivity index (χ0v) is 12.4. The monoisotopic (exact) mass is 261 g/mol. The number of hydrogen-bond acceptors (Lipinski definition) is 3. The first-order chi connectivity index (χ1) is 8.45. The van der Waals surface area contributed by atoms with Gasteiger partial charge in [-0.2, -0.15) is 0 Å². The number of aromatic nitrogens is 1. The van der Waals surface area contributed by atoms with Gasteiger partial charge in [-0.05, 0) is 56.9 Å². The molecule has 0 saturated carbocycles. The van der Waals surface area contributed by atoms with Gasteiger partial charge in [-0.15, -0.1) is 11.3 Å². The molecule has 0 bridgehead atoms. The van der Waals surface area contributed by atoms with E-state index < -0.39 is 0 Å². The molecule has 0 fully saturated rings. The minimum Gasteiger partial charge on any atom is -0.391 e. The molecule has 96 valence electrons. The summed E-state index contributed by atoms with van der Waals surface area (Å²) in [4.78, 5) is 5.58. The Morgan fingerprint density at radius 1 is 1.06 bits per heavy atom. The molecule has 0 atom stereocenters. The fourth-order valence-corrected chi connectivity index (χ4v) is 3.30. The van der Waals surface area contributed by atoms with Gasteiger partial charge in [-0.3, -0.25) is 0 Å². The Morgan fingerprint density at radius 3 is 2.06 bits per heavy atom. The molecule has 2 nitrogen and oxygen atoms in total. The first-order valence-electron chi connectivity index (χ1n) is 6.10. The van der Waals surface area contributed by atoms with Crippen LogP contribution in [0.5, 0.6) is 0 Å². The third-order valence-electron chi connectivity index (χ3n) is 3.62. The van der Waals surface area contributed by atoms with E-state index in [9.17, 15) is 5.11 Å². The number of aliphatic hydroxyl groups is 1. The fourth-order valence-electron chi connectivity index (χ4n) is 2.22. The molecule has 0 amide bonds. The van der Waals surface area contributed by atoms with E-state index in [1.165, 1.54) is 27.8 Å². The second-order valence-corrected chi connectivity index (χ2v) is 5.90. The molecule has 2 aromatic rings. The van der Waals surface area contributed by atoms with E-state index in [-0.39, 0.29) is 6.61 Å². The summed E-state index contributed by atoms with van der Waals surface area (Å²) in [6, 6.07) is 2.22. The normalized spacial score (nSPS) is 11.0. The Morgan fingerprint density at radius 2 is 1.61 bits per heavy atom. The molecule has 1 heterocycles. The van der Waals surface area contributed by atoms with Crippen LogP contribution >= 0.6 is 11.3 Å². The standard InChI is InChI=1S/C15H19NOS/c1-8-6-9(2)11(4)14(10(8)3)15-16-12(5)13(7-17)18-15/h6,17H,7H2,1-5H3. The Hall–Kier alpha value is -1.19. The predicted molar refractivity (Wildman–Crippen MR) is 77.2 cm³/mol. The summed E-state index contributed by atoms with van der Waals surface area (Å²) in [5.74, 6) is 0. The largest absolute Gasteiger partial charge is 0.391 e. The van der Waals surface area contributed by atoms with Crippen LogP contribution < -0.4 is 0 Å². The smallest absolute Gasteiger partial charge is 0.124 e. The minimum absolute atomic E-state index is 0.0758. The van der Waals surface area contributed by atoms with Crippen molar-refractivity contribution >= 4 is 11.3 Å². The van der Waals surface area contributed by atoms with Crippen LogP contribution in [0.3, 0.4) is 0 Å². The summed E-state index contributed by atoms with van der Waals surface area (Å²) < 4.78 is 0. The maximum absolute atomic E-state index is 9.30. The summed E-state index contributed by atoms with van der Waals surface area (Å²) in [6.45, 7) is 10.6. The van der Waals surface area contributed by atoms with Crippen LogP contribution in [0.4, 0.5) is 0 Å². The molecule has 18 heavy (non-hydrogen) atoms. The first kappa shape index (κ1) is 13.2. The van der Waals surface area contributed by atoms with Crippen LogP contribution in [0.25, 0.3) is 10.6 Å². The van der Waals surface area contributed by atoms with Crippen molar-refractivity contribution in [1.82, 2.24) is 4.98 Å². The summed E-state index contributed by atoms with van der Waals surface area (Å²) >= 11 is 1.60. The second kappa shape index (κ2) is 4.82. The Bertz CT molecular complexity index is 573. The summed E-state index contributed by atoms with van der Waals surface area (Å²) in [7, 11) is 0. The van der Waals surface area contributed by atoms with Crippen molar-refractivity contribution in [2.75, 3.05) is 0 Å². The Labute approximate surface area is 112 Å². The summed E-state index contributed by atoms with van der Waals surface area (Å²) in [5.41, 5.74) is 7.35. The van der Waals surface area contributed by atoms with E-state index in [2.05, 4.69) is 38.7 Å². The Kier molecular flexibility index (Phi) is 3.55. The highest BCUT2D eigenvalue weighted by molar-refractivity contribution is 7.15. The van der Waals surface area contributed by atoms with Gasteiger partial charge in [0.2, 0.25) is 0 Å². The van der Waals surface area contributed by atoms with Crippen molar-refractivity contribution in [1.29, 1.82) is 0 Å². The van der Waals surface area contributed by atoms with Gasteiger partial charge >= 0.3 is 0 Å². The lowest BCUT2D eigenvalue weighted by Crippen LogP contribution is -1.94. The first-order valence-corrected chi connectivity index (χ1v) is 6.92. The molecule has 0 aliphatic heterocycles. The van der Waals surface area contributed by atoms with E-state index >= 15 is 0 Å². The summed E-state index contributed by atoms with van der Waals surface area (Å²) in [5, 5.41) is 10.3. The SMILES string of the molecule is Cc1cc(C)c(C)c(-c2nc(C)c(CO)s2)c1C. The zero-order valence-electron chi connectivity index (χ0n) is 11.6. The van der Waals surface area contributed by atoms with Crippen LogP contribution in [0.1, 0.15) is 32.8 Å². The van der Waals surface area contributed by atoms with Gasteiger partial charge in [0.25, 0.3) is 0 Å². The summed E-state index contributed by atoms with van der Waals surface area (Å²) in [6.07, 6.45) is 0. The number of aryl methyl sites for hydroxylation is 3. The van der Waals surface area contributed by atoms with Gasteiger partial charge in [0.05, 0.1) is 17.2 Å². The zero-order chi connectivity index (χ0) is 13.4. The van der Waals surface area contributed by atoms with Crippen LogP contribution in [0.2, 0.25) is 0 Å². The van der Waals surface area contributed by atoms with Gasteiger partial charge in [-0.1, -0.05) is 6.07 Å². The lowest BCUT2D eigenvalue weighted by Gasteiger charge is -2.13. The topological polar surface area (TPSA) is 33.1 Å². The van der Waals surface area contributed by atoms with Gasteiger partial charge in [0.1, 0.15) is 5.01 Å². The molecule has 0 radical (unpaired) electrons. The van der Waals surface area contributed by atoms with Gasteiger partial charge in [-0.25, -0.2) is 4.98 Å². The molecule has 0 saturated heterocycles. The molecular formula is C15H19NOS. The number of aliphatic hydroxyl groups excluding tert-OH is 1. The molecule has 3 heteroatoms. The Balaban J connectivity index is 2.70. The van der Waals surface area contributed by atoms with E-state index in [1.807, 2.05) is 6.92 Å². The number of rotatable bonds is 2. The minimum atomic E-state index is 0.0758. The molecule has 0 aliphatic carbocycles. The molecule has 0 unspecified atom stereocenters. The second-order valence-electron chi connectivity index (χ2n) is 4.82. The lowest BCUT2D eigenvalue weighted by molar-refractivity contribution is 0.284. The van der Waals surface area contributed by atoms with Crippen molar-refractivity contribution in [3.8, 4) is 10.6 Å². The molecule has 0 spiro atoms. The molecule has 1 N–H and O–H groups in total. The van der Waals surface area contributed by atoms with Crippen molar-refractivity contribution in [2.24, 2.45) is 0 Å². The maximum Gasteiger partial charge on any atom is 0.124 e. The highest BCUT2D eigenvalue weighted by atomic mass is 32.1. The predicted octanol–water partition coefficient (Wildman–Crippen LogP) is 3.84. The van der Waals surface area contributed by atoms with Gasteiger partial charge in [0.15, 0.2) is 0 Å². The highest BCUT2D eigenvalue weighted by Crippen LogP contribution is 2.35. The van der Waals surface area contributed by atoms with Crippen molar-refractivity contribution in [3.63, 3.8) is 0 Å².